The molecule has 0 fully saturated rings. The summed E-state index contributed by atoms with van der Waals surface area (Å²) < 4.78 is 14.9. The van der Waals surface area contributed by atoms with Crippen LogP contribution in [0.1, 0.15) is 0 Å². The molecule has 0 heterocycles. The molecule has 0 bridgehead atoms. The van der Waals surface area contributed by atoms with Crippen molar-refractivity contribution >= 4 is 0 Å². The Kier molecular flexibility index (Phi) is 6.23. The molecule has 12 heavy (non-hydrogen) atoms. The van der Waals surface area contributed by atoms with Crippen molar-refractivity contribution in [1.82, 2.24) is 0 Å². The highest BCUT2D eigenvalue weighted by Gasteiger charge is 2.25. The van der Waals surface area contributed by atoms with Crippen LogP contribution in [0.25, 0.3) is 0 Å². The second-order valence-corrected chi connectivity index (χ2v) is 2.74. The highest BCUT2D eigenvalue weighted by molar-refractivity contribution is 4.83. The largest absolute Gasteiger partial charge is 0.383 e. The summed E-state index contributed by atoms with van der Waals surface area (Å²) in [5, 5.41) is 0. The zero-order valence-electron chi connectivity index (χ0n) is 7.71. The summed E-state index contributed by atoms with van der Waals surface area (Å²) in [6.07, 6.45) is 0. The van der Waals surface area contributed by atoms with Crippen LogP contribution in [0.4, 0.5) is 0 Å². The maximum Gasteiger partial charge on any atom is 0.0941 e. The van der Waals surface area contributed by atoms with E-state index >= 15 is 0 Å². The van der Waals surface area contributed by atoms with E-state index in [4.69, 9.17) is 25.7 Å². The fourth-order valence-corrected chi connectivity index (χ4v) is 0.962. The van der Waals surface area contributed by atoms with Gasteiger partial charge in [-0.3, -0.25) is 0 Å². The molecule has 0 aliphatic heterocycles. The van der Waals surface area contributed by atoms with Gasteiger partial charge < -0.3 is 25.7 Å². The number of rotatable bonds is 7. The summed E-state index contributed by atoms with van der Waals surface area (Å²) in [5.41, 5.74) is 10.4. The molecule has 0 aromatic carbocycles. The van der Waals surface area contributed by atoms with Gasteiger partial charge >= 0.3 is 0 Å². The molecule has 0 aromatic heterocycles. The van der Waals surface area contributed by atoms with Crippen LogP contribution < -0.4 is 11.5 Å². The van der Waals surface area contributed by atoms with Gasteiger partial charge in [0, 0.05) is 14.2 Å². The lowest BCUT2D eigenvalue weighted by atomic mass is 10.1. The number of ether oxygens (including phenoxy) is 3. The van der Waals surface area contributed by atoms with Crippen LogP contribution in [-0.2, 0) is 14.2 Å². The first kappa shape index (κ1) is 11.8. The zero-order valence-corrected chi connectivity index (χ0v) is 7.71. The normalized spacial score (nSPS) is 12.0. The lowest BCUT2D eigenvalue weighted by Gasteiger charge is -2.27. The number of methoxy groups -OCH3 is 2. The molecule has 0 aliphatic carbocycles. The predicted molar refractivity (Wildman–Crippen MR) is 45.7 cm³/mol. The average molecular weight is 178 g/mol. The predicted octanol–water partition coefficient (Wildman–Crippen LogP) is -1.09. The Labute approximate surface area is 72.9 Å². The van der Waals surface area contributed by atoms with Gasteiger partial charge in [-0.25, -0.2) is 0 Å². The molecule has 74 valence electrons. The molecule has 5 nitrogen and oxygen atoms in total. The molecule has 0 atom stereocenters. The highest BCUT2D eigenvalue weighted by Crippen LogP contribution is 2.02. The second-order valence-electron chi connectivity index (χ2n) is 2.74. The van der Waals surface area contributed by atoms with E-state index in [2.05, 4.69) is 0 Å². The minimum atomic E-state index is -0.594. The van der Waals surface area contributed by atoms with Gasteiger partial charge in [0.1, 0.15) is 0 Å². The van der Waals surface area contributed by atoms with Crippen LogP contribution in [0.3, 0.4) is 0 Å². The third-order valence-corrected chi connectivity index (χ3v) is 1.37. The first-order valence-corrected chi connectivity index (χ1v) is 3.73. The van der Waals surface area contributed by atoms with Crippen LogP contribution in [-0.4, -0.2) is 46.3 Å². The third-order valence-electron chi connectivity index (χ3n) is 1.37. The molecule has 0 saturated heterocycles. The van der Waals surface area contributed by atoms with E-state index in [1.165, 1.54) is 0 Å². The van der Waals surface area contributed by atoms with Crippen molar-refractivity contribution in [3.63, 3.8) is 0 Å². The number of nitrogens with two attached hydrogens (primary N) is 2. The van der Waals surface area contributed by atoms with Gasteiger partial charge in [-0.15, -0.1) is 0 Å². The van der Waals surface area contributed by atoms with Crippen LogP contribution in [0, 0.1) is 0 Å². The van der Waals surface area contributed by atoms with Crippen LogP contribution in [0.2, 0.25) is 0 Å². The Morgan fingerprint density at radius 1 is 1.08 bits per heavy atom. The van der Waals surface area contributed by atoms with Gasteiger partial charge in [-0.1, -0.05) is 0 Å². The Hall–Kier alpha value is -0.200. The van der Waals surface area contributed by atoms with Crippen molar-refractivity contribution in [3.05, 3.63) is 0 Å². The molecule has 0 saturated carbocycles. The van der Waals surface area contributed by atoms with Gasteiger partial charge in [-0.2, -0.15) is 0 Å². The third kappa shape index (κ3) is 4.63. The average Bonchev–Trinajstić information content (AvgIpc) is 2.02. The van der Waals surface area contributed by atoms with Crippen molar-refractivity contribution in [2.75, 3.05) is 40.8 Å². The molecule has 0 unspecified atom stereocenters. The number of hydrogen-bond donors (Lipinski definition) is 2. The fourth-order valence-electron chi connectivity index (χ4n) is 0.962. The van der Waals surface area contributed by atoms with Gasteiger partial charge in [0.2, 0.25) is 0 Å². The topological polar surface area (TPSA) is 79.7 Å². The Bertz CT molecular complexity index is 105. The van der Waals surface area contributed by atoms with E-state index in [0.29, 0.717) is 19.8 Å². The van der Waals surface area contributed by atoms with E-state index in [9.17, 15) is 0 Å². The maximum atomic E-state index is 5.87. The summed E-state index contributed by atoms with van der Waals surface area (Å²) in [7, 11) is 3.17. The van der Waals surface area contributed by atoms with Crippen molar-refractivity contribution in [1.29, 1.82) is 0 Å². The van der Waals surface area contributed by atoms with Gasteiger partial charge in [-0.05, 0) is 0 Å². The highest BCUT2D eigenvalue weighted by atomic mass is 16.5. The lowest BCUT2D eigenvalue weighted by molar-refractivity contribution is 0.00185. The van der Waals surface area contributed by atoms with Gasteiger partial charge in [0.25, 0.3) is 0 Å². The summed E-state index contributed by atoms with van der Waals surface area (Å²) in [5.74, 6) is 0. The van der Waals surface area contributed by atoms with Crippen molar-refractivity contribution in [3.8, 4) is 0 Å². The quantitative estimate of drug-likeness (QED) is 0.484. The minimum Gasteiger partial charge on any atom is -0.383 e. The molecule has 5 heteroatoms. The van der Waals surface area contributed by atoms with Crippen LogP contribution >= 0.6 is 0 Å². The van der Waals surface area contributed by atoms with Gasteiger partial charge in [0.05, 0.1) is 32.1 Å². The second kappa shape index (κ2) is 6.33. The van der Waals surface area contributed by atoms with E-state index in [0.717, 1.165) is 0 Å². The van der Waals surface area contributed by atoms with Gasteiger partial charge in [0.15, 0.2) is 0 Å². The van der Waals surface area contributed by atoms with Crippen molar-refractivity contribution in [2.24, 2.45) is 11.5 Å². The summed E-state index contributed by atoms with van der Waals surface area (Å²) >= 11 is 0. The molecule has 0 spiro atoms. The molecule has 0 rings (SSSR count). The first-order valence-electron chi connectivity index (χ1n) is 3.73. The molecule has 0 amide bonds. The van der Waals surface area contributed by atoms with Crippen molar-refractivity contribution in [2.45, 2.75) is 5.54 Å². The Morgan fingerprint density at radius 3 is 1.92 bits per heavy atom. The number of hydrogen-bond acceptors (Lipinski definition) is 5. The summed E-state index contributed by atoms with van der Waals surface area (Å²) in [6, 6.07) is 0. The maximum absolute atomic E-state index is 5.87. The molecule has 4 N–H and O–H groups in total. The monoisotopic (exact) mass is 178 g/mol. The molecule has 0 radical (unpaired) electrons. The SMILES string of the molecule is COCC(N)(COC)COCN. The standard InChI is InChI=1S/C7H18N2O3/c1-10-3-7(9,4-11-2)5-12-6-8/h3-6,8-9H2,1-2H3. The smallest absolute Gasteiger partial charge is 0.0941 e. The summed E-state index contributed by atoms with van der Waals surface area (Å²) in [4.78, 5) is 0. The molecule has 0 aliphatic rings. The fraction of sp³-hybridized carbons (Fsp3) is 1.00. The Morgan fingerprint density at radius 2 is 1.58 bits per heavy atom. The van der Waals surface area contributed by atoms with Crippen LogP contribution in [0.5, 0.6) is 0 Å². The van der Waals surface area contributed by atoms with Crippen molar-refractivity contribution < 1.29 is 14.2 Å². The Balaban J connectivity index is 3.80. The van der Waals surface area contributed by atoms with E-state index in [1.807, 2.05) is 0 Å². The molecular weight excluding hydrogens is 160 g/mol. The lowest BCUT2D eigenvalue weighted by Crippen LogP contribution is -2.52. The van der Waals surface area contributed by atoms with E-state index in [1.54, 1.807) is 14.2 Å². The van der Waals surface area contributed by atoms with E-state index < -0.39 is 5.54 Å². The molecule has 0 aromatic rings. The van der Waals surface area contributed by atoms with Crippen LogP contribution in [0.15, 0.2) is 0 Å². The van der Waals surface area contributed by atoms with E-state index in [-0.39, 0.29) is 6.73 Å². The minimum absolute atomic E-state index is 0.159. The molecular formula is C7H18N2O3. The zero-order chi connectivity index (χ0) is 9.45. The summed E-state index contributed by atoms with van der Waals surface area (Å²) in [6.45, 7) is 1.28. The first-order chi connectivity index (χ1) is 5.68.